The van der Waals surface area contributed by atoms with Crippen molar-refractivity contribution in [1.82, 2.24) is 0 Å². The van der Waals surface area contributed by atoms with Crippen LogP contribution in [0.1, 0.15) is 5.56 Å². The molecule has 1 aromatic carbocycles. The van der Waals surface area contributed by atoms with Crippen LogP contribution in [0.4, 0.5) is 24.5 Å². The number of nitrogens with zero attached hydrogens (tertiary/aromatic N) is 2. The smallest absolute Gasteiger partial charge is 0.318 e. The van der Waals surface area contributed by atoms with E-state index in [1.54, 1.807) is 5.32 Å². The number of alkyl halides is 3. The third kappa shape index (κ3) is 2.02. The number of hydrogen-bond acceptors (Lipinski definition) is 3. The minimum atomic E-state index is -4.88. The highest BCUT2D eigenvalue weighted by molar-refractivity contribution is 5.95. The molecule has 0 aliphatic carbocycles. The molecule has 1 N–H and O–H groups in total. The van der Waals surface area contributed by atoms with Crippen LogP contribution in [-0.4, -0.2) is 12.1 Å². The van der Waals surface area contributed by atoms with Crippen molar-refractivity contribution in [3.8, 4) is 0 Å². The number of fused-ring (bicyclic) bond motifs is 1. The van der Waals surface area contributed by atoms with E-state index in [0.29, 0.717) is 17.8 Å². The lowest BCUT2D eigenvalue weighted by Gasteiger charge is -2.08. The van der Waals surface area contributed by atoms with E-state index in [1.165, 1.54) is 18.2 Å². The molecule has 0 bridgehead atoms. The second-order valence-electron chi connectivity index (χ2n) is 3.19. The molecule has 0 spiro atoms. The van der Waals surface area contributed by atoms with Gasteiger partial charge >= 0.3 is 12.1 Å². The summed E-state index contributed by atoms with van der Waals surface area (Å²) in [5.74, 6) is -1.99. The fourth-order valence-corrected chi connectivity index (χ4v) is 1.28. The molecule has 0 fully saturated rings. The number of halogens is 3. The van der Waals surface area contributed by atoms with Gasteiger partial charge in [0.15, 0.2) is 0 Å². The lowest BCUT2D eigenvalue weighted by Crippen LogP contribution is -2.29. The molecule has 0 unspecified atom stereocenters. The highest BCUT2D eigenvalue weighted by atomic mass is 19.4. The number of hydrogen-bond donors (Lipinski definition) is 1. The fraction of sp³-hybridized carbons (Fsp3) is 0.222. The van der Waals surface area contributed by atoms with Crippen LogP contribution in [0, 0.1) is 0 Å². The summed E-state index contributed by atoms with van der Waals surface area (Å²) in [5, 5.41) is 9.23. The van der Waals surface area contributed by atoms with Crippen LogP contribution in [-0.2, 0) is 11.3 Å². The fourth-order valence-electron chi connectivity index (χ4n) is 1.28. The Kier molecular flexibility index (Phi) is 2.37. The molecule has 16 heavy (non-hydrogen) atoms. The first-order chi connectivity index (χ1) is 7.47. The molecule has 1 heterocycles. The van der Waals surface area contributed by atoms with E-state index >= 15 is 0 Å². The van der Waals surface area contributed by atoms with Crippen molar-refractivity contribution in [3.63, 3.8) is 0 Å². The molecule has 7 heteroatoms. The third-order valence-electron chi connectivity index (χ3n) is 2.01. The Morgan fingerprint density at radius 1 is 1.38 bits per heavy atom. The van der Waals surface area contributed by atoms with E-state index in [0.717, 1.165) is 0 Å². The maximum Gasteiger partial charge on any atom is 0.471 e. The zero-order valence-electron chi connectivity index (χ0n) is 7.88. The number of amides is 1. The predicted molar refractivity (Wildman–Crippen MR) is 49.3 cm³/mol. The number of rotatable bonds is 1. The van der Waals surface area contributed by atoms with Crippen LogP contribution in [0.3, 0.4) is 0 Å². The first-order valence-corrected chi connectivity index (χ1v) is 4.35. The van der Waals surface area contributed by atoms with Gasteiger partial charge in [0, 0.05) is 11.3 Å². The van der Waals surface area contributed by atoms with E-state index in [4.69, 9.17) is 0 Å². The van der Waals surface area contributed by atoms with Crippen molar-refractivity contribution in [2.24, 2.45) is 10.2 Å². The van der Waals surface area contributed by atoms with E-state index in [1.807, 2.05) is 0 Å². The Balaban J connectivity index is 2.15. The van der Waals surface area contributed by atoms with Crippen LogP contribution < -0.4 is 5.32 Å². The molecular formula is C9H6F3N3O. The number of anilines is 1. The topological polar surface area (TPSA) is 53.8 Å². The Bertz CT molecular complexity index is 468. The predicted octanol–water partition coefficient (Wildman–Crippen LogP) is 2.78. The third-order valence-corrected chi connectivity index (χ3v) is 2.01. The summed E-state index contributed by atoms with van der Waals surface area (Å²) in [4.78, 5) is 10.7. The lowest BCUT2D eigenvalue weighted by atomic mass is 10.1. The van der Waals surface area contributed by atoms with Gasteiger partial charge in [-0.05, 0) is 18.2 Å². The average molecular weight is 229 g/mol. The van der Waals surface area contributed by atoms with Gasteiger partial charge in [0.2, 0.25) is 0 Å². The van der Waals surface area contributed by atoms with Gasteiger partial charge in [0.25, 0.3) is 0 Å². The summed E-state index contributed by atoms with van der Waals surface area (Å²) < 4.78 is 35.9. The summed E-state index contributed by atoms with van der Waals surface area (Å²) >= 11 is 0. The molecule has 1 aliphatic rings. The maximum atomic E-state index is 12.0. The van der Waals surface area contributed by atoms with Crippen LogP contribution in [0.2, 0.25) is 0 Å². The Morgan fingerprint density at radius 3 is 2.81 bits per heavy atom. The molecule has 1 aromatic rings. The van der Waals surface area contributed by atoms with Crippen molar-refractivity contribution < 1.29 is 18.0 Å². The van der Waals surface area contributed by atoms with Crippen molar-refractivity contribution in [2.75, 3.05) is 5.32 Å². The van der Waals surface area contributed by atoms with Gasteiger partial charge in [-0.3, -0.25) is 4.79 Å². The number of nitrogens with one attached hydrogen (secondary N) is 1. The molecule has 1 aliphatic heterocycles. The molecule has 0 saturated carbocycles. The molecular weight excluding hydrogens is 223 g/mol. The first-order valence-electron chi connectivity index (χ1n) is 4.35. The van der Waals surface area contributed by atoms with Crippen LogP contribution in [0.25, 0.3) is 0 Å². The summed E-state index contributed by atoms with van der Waals surface area (Å²) in [7, 11) is 0. The number of azo groups is 1. The standard InChI is InChI=1S/C9H6F3N3O/c10-9(11,12)8(16)14-6-1-2-7-5(3-6)4-13-15-7/h1-3H,4H2,(H,14,16). The Labute approximate surface area is 88.2 Å². The van der Waals surface area contributed by atoms with Gasteiger partial charge in [-0.25, -0.2) is 0 Å². The van der Waals surface area contributed by atoms with Gasteiger partial charge in [0.05, 0.1) is 12.2 Å². The highest BCUT2D eigenvalue weighted by Gasteiger charge is 2.38. The minimum absolute atomic E-state index is 0.0911. The minimum Gasteiger partial charge on any atom is -0.318 e. The van der Waals surface area contributed by atoms with Gasteiger partial charge in [0.1, 0.15) is 0 Å². The van der Waals surface area contributed by atoms with E-state index in [-0.39, 0.29) is 5.69 Å². The van der Waals surface area contributed by atoms with Gasteiger partial charge in [-0.2, -0.15) is 23.4 Å². The first kappa shape index (κ1) is 10.6. The van der Waals surface area contributed by atoms with E-state index < -0.39 is 12.1 Å². The molecule has 0 atom stereocenters. The molecule has 0 aromatic heterocycles. The maximum absolute atomic E-state index is 12.0. The zero-order valence-corrected chi connectivity index (χ0v) is 7.88. The second kappa shape index (κ2) is 3.58. The van der Waals surface area contributed by atoms with Gasteiger partial charge in [-0.1, -0.05) is 0 Å². The normalized spacial score (nSPS) is 13.7. The summed E-state index contributed by atoms with van der Waals surface area (Å²) in [6.07, 6.45) is -4.88. The highest BCUT2D eigenvalue weighted by Crippen LogP contribution is 2.29. The van der Waals surface area contributed by atoms with E-state index in [2.05, 4.69) is 10.2 Å². The van der Waals surface area contributed by atoms with Crippen LogP contribution in [0.15, 0.2) is 28.4 Å². The Hall–Kier alpha value is -1.92. The van der Waals surface area contributed by atoms with Gasteiger partial charge < -0.3 is 5.32 Å². The Morgan fingerprint density at radius 2 is 2.12 bits per heavy atom. The van der Waals surface area contributed by atoms with Crippen molar-refractivity contribution in [1.29, 1.82) is 0 Å². The van der Waals surface area contributed by atoms with E-state index in [9.17, 15) is 18.0 Å². The van der Waals surface area contributed by atoms with Crippen molar-refractivity contribution in [3.05, 3.63) is 23.8 Å². The summed E-state index contributed by atoms with van der Waals surface area (Å²) in [5.41, 5.74) is 1.40. The number of carbonyl (C=O) groups is 1. The van der Waals surface area contributed by atoms with Crippen molar-refractivity contribution in [2.45, 2.75) is 12.7 Å². The largest absolute Gasteiger partial charge is 0.471 e. The molecule has 0 radical (unpaired) electrons. The number of carbonyl (C=O) groups excluding carboxylic acids is 1. The quantitative estimate of drug-likeness (QED) is 0.790. The molecule has 1 amide bonds. The van der Waals surface area contributed by atoms with Crippen molar-refractivity contribution >= 4 is 17.3 Å². The monoisotopic (exact) mass is 229 g/mol. The summed E-state index contributed by atoms with van der Waals surface area (Å²) in [6, 6.07) is 4.30. The zero-order chi connectivity index (χ0) is 11.8. The molecule has 84 valence electrons. The average Bonchev–Trinajstić information content (AvgIpc) is 2.63. The SMILES string of the molecule is O=C(Nc1ccc2c(c1)CN=N2)C(F)(F)F. The van der Waals surface area contributed by atoms with Crippen LogP contribution >= 0.6 is 0 Å². The van der Waals surface area contributed by atoms with Gasteiger partial charge in [-0.15, -0.1) is 0 Å². The molecule has 0 saturated heterocycles. The molecule has 4 nitrogen and oxygen atoms in total. The number of benzene rings is 1. The van der Waals surface area contributed by atoms with Crippen LogP contribution in [0.5, 0.6) is 0 Å². The second-order valence-corrected chi connectivity index (χ2v) is 3.19. The molecule has 2 rings (SSSR count). The summed E-state index contributed by atoms with van der Waals surface area (Å²) in [6.45, 7) is 0.324. The lowest BCUT2D eigenvalue weighted by molar-refractivity contribution is -0.167.